The fourth-order valence-corrected chi connectivity index (χ4v) is 2.56. The topological polar surface area (TPSA) is 41.5 Å². The maximum atomic E-state index is 8.55. The first-order valence-corrected chi connectivity index (χ1v) is 5.61. The van der Waals surface area contributed by atoms with Crippen LogP contribution < -0.4 is 5.64 Å². The molecule has 0 heterocycles. The van der Waals surface area contributed by atoms with Crippen LogP contribution >= 0.6 is 0 Å². The first kappa shape index (κ1) is 10.5. The number of hydrogen-bond acceptors (Lipinski definition) is 3. The number of fused-ring (bicyclic) bond motifs is 3. The predicted molar refractivity (Wildman–Crippen MR) is 64.6 cm³/mol. The van der Waals surface area contributed by atoms with Gasteiger partial charge in [-0.15, -0.1) is 0 Å². The number of hydrogen-bond donors (Lipinski definition) is 2. The van der Waals surface area contributed by atoms with Gasteiger partial charge < -0.3 is 0 Å². The zero-order valence-corrected chi connectivity index (χ0v) is 9.26. The zero-order valence-electron chi connectivity index (χ0n) is 9.26. The van der Waals surface area contributed by atoms with Gasteiger partial charge in [0.2, 0.25) is 0 Å². The lowest BCUT2D eigenvalue weighted by atomic mass is 9.98. The van der Waals surface area contributed by atoms with E-state index in [0.717, 1.165) is 0 Å². The molecule has 2 N–H and O–H groups in total. The second-order valence-corrected chi connectivity index (χ2v) is 4.13. The number of rotatable bonds is 3. The Bertz CT molecular complexity index is 494. The fraction of sp³-hybridized carbons (Fsp3) is 0.143. The van der Waals surface area contributed by atoms with Crippen LogP contribution in [0.3, 0.4) is 0 Å². The van der Waals surface area contributed by atoms with E-state index in [1.807, 2.05) is 24.3 Å². The van der Waals surface area contributed by atoms with Gasteiger partial charge in [0.25, 0.3) is 0 Å². The molecule has 3 nitrogen and oxygen atoms in total. The van der Waals surface area contributed by atoms with Gasteiger partial charge >= 0.3 is 0 Å². The lowest BCUT2D eigenvalue weighted by Gasteiger charge is -2.12. The highest BCUT2D eigenvalue weighted by molar-refractivity contribution is 5.78. The first-order valence-electron chi connectivity index (χ1n) is 5.61. The highest BCUT2D eigenvalue weighted by atomic mass is 16.8. The molecule has 3 heteroatoms. The van der Waals surface area contributed by atoms with Gasteiger partial charge in [0.15, 0.2) is 0 Å². The van der Waals surface area contributed by atoms with E-state index in [1.165, 1.54) is 22.3 Å². The summed E-state index contributed by atoms with van der Waals surface area (Å²) in [6.07, 6.45) is 0. The van der Waals surface area contributed by atoms with Crippen LogP contribution in [0.15, 0.2) is 48.5 Å². The molecule has 0 bridgehead atoms. The van der Waals surface area contributed by atoms with Crippen molar-refractivity contribution in [2.75, 3.05) is 6.61 Å². The van der Waals surface area contributed by atoms with Crippen LogP contribution in [0.4, 0.5) is 0 Å². The second kappa shape index (κ2) is 4.30. The molecule has 0 saturated carbocycles. The van der Waals surface area contributed by atoms with Gasteiger partial charge in [-0.3, -0.25) is 10.0 Å². The van der Waals surface area contributed by atoms with Gasteiger partial charge in [-0.05, 0) is 22.3 Å². The molecule has 0 amide bonds. The summed E-state index contributed by atoms with van der Waals surface area (Å²) in [4.78, 5) is 4.94. The maximum Gasteiger partial charge on any atom is 0.0818 e. The third kappa shape index (κ3) is 1.65. The molecule has 0 spiro atoms. The van der Waals surface area contributed by atoms with Crippen molar-refractivity contribution in [3.63, 3.8) is 0 Å². The first-order chi connectivity index (χ1) is 8.42. The molecule has 86 valence electrons. The number of nitrogens with one attached hydrogen (secondary N) is 1. The molecule has 17 heavy (non-hydrogen) atoms. The van der Waals surface area contributed by atoms with Crippen molar-refractivity contribution in [2.24, 2.45) is 0 Å². The summed E-state index contributed by atoms with van der Waals surface area (Å²) in [5, 5.41) is 8.55. The molecular formula is C14H13NO2. The fourth-order valence-electron chi connectivity index (χ4n) is 2.56. The minimum absolute atomic E-state index is 0.182. The Morgan fingerprint density at radius 2 is 1.47 bits per heavy atom. The summed E-state index contributed by atoms with van der Waals surface area (Å²) in [6, 6.07) is 16.6. The van der Waals surface area contributed by atoms with Crippen LogP contribution in [0, 0.1) is 0 Å². The summed E-state index contributed by atoms with van der Waals surface area (Å²) in [5.74, 6) is 0.182. The second-order valence-electron chi connectivity index (χ2n) is 4.13. The molecule has 0 atom stereocenters. The van der Waals surface area contributed by atoms with E-state index in [-0.39, 0.29) is 5.92 Å². The molecule has 2 aromatic carbocycles. The van der Waals surface area contributed by atoms with Crippen molar-refractivity contribution in [1.82, 2.24) is 5.64 Å². The molecule has 0 radical (unpaired) electrons. The van der Waals surface area contributed by atoms with Crippen molar-refractivity contribution < 1.29 is 10.0 Å². The lowest BCUT2D eigenvalue weighted by Crippen LogP contribution is -2.15. The Morgan fingerprint density at radius 3 is 2.00 bits per heavy atom. The highest BCUT2D eigenvalue weighted by Crippen LogP contribution is 2.44. The lowest BCUT2D eigenvalue weighted by molar-refractivity contribution is -0.128. The van der Waals surface area contributed by atoms with Crippen LogP contribution in [0.5, 0.6) is 0 Å². The molecule has 0 fully saturated rings. The third-order valence-corrected chi connectivity index (χ3v) is 3.28. The summed E-state index contributed by atoms with van der Waals surface area (Å²) in [7, 11) is 0. The zero-order chi connectivity index (χ0) is 11.7. The minimum Gasteiger partial charge on any atom is -0.292 e. The van der Waals surface area contributed by atoms with Crippen molar-refractivity contribution in [3.8, 4) is 11.1 Å². The van der Waals surface area contributed by atoms with Gasteiger partial charge in [0.1, 0.15) is 0 Å². The Hall–Kier alpha value is -1.68. The van der Waals surface area contributed by atoms with Crippen molar-refractivity contribution in [2.45, 2.75) is 5.92 Å². The van der Waals surface area contributed by atoms with E-state index in [9.17, 15) is 0 Å². The van der Waals surface area contributed by atoms with E-state index in [2.05, 4.69) is 24.3 Å². The smallest absolute Gasteiger partial charge is 0.0818 e. The van der Waals surface area contributed by atoms with Crippen LogP contribution in [0.2, 0.25) is 0 Å². The number of benzene rings is 2. The van der Waals surface area contributed by atoms with Crippen LogP contribution in [-0.2, 0) is 4.84 Å². The Labute approximate surface area is 99.6 Å². The largest absolute Gasteiger partial charge is 0.292 e. The SMILES string of the molecule is ONOCC1c2ccccc2-c2ccccc21. The standard InChI is InChI=1S/C14H13NO2/c16-15-17-9-14-12-7-3-1-5-10(12)11-6-2-4-8-13(11)14/h1-8,14-16H,9H2. The molecule has 0 saturated heterocycles. The van der Waals surface area contributed by atoms with E-state index in [4.69, 9.17) is 10.0 Å². The summed E-state index contributed by atoms with van der Waals surface area (Å²) in [5.41, 5.74) is 6.78. The van der Waals surface area contributed by atoms with Crippen molar-refractivity contribution in [1.29, 1.82) is 0 Å². The van der Waals surface area contributed by atoms with E-state index in [0.29, 0.717) is 6.61 Å². The third-order valence-electron chi connectivity index (χ3n) is 3.28. The maximum absolute atomic E-state index is 8.55. The van der Waals surface area contributed by atoms with E-state index in [1.54, 1.807) is 5.64 Å². The average molecular weight is 227 g/mol. The van der Waals surface area contributed by atoms with Crippen LogP contribution in [-0.4, -0.2) is 11.8 Å². The molecule has 0 unspecified atom stereocenters. The quantitative estimate of drug-likeness (QED) is 0.792. The van der Waals surface area contributed by atoms with Crippen LogP contribution in [0.25, 0.3) is 11.1 Å². The van der Waals surface area contributed by atoms with E-state index >= 15 is 0 Å². The predicted octanol–water partition coefficient (Wildman–Crippen LogP) is 2.71. The normalized spacial score (nSPS) is 13.5. The van der Waals surface area contributed by atoms with Crippen molar-refractivity contribution in [3.05, 3.63) is 59.7 Å². The van der Waals surface area contributed by atoms with Gasteiger partial charge in [0.05, 0.1) is 6.61 Å². The van der Waals surface area contributed by atoms with Gasteiger partial charge in [-0.1, -0.05) is 54.2 Å². The minimum atomic E-state index is 0.182. The van der Waals surface area contributed by atoms with Crippen LogP contribution in [0.1, 0.15) is 17.0 Å². The molecule has 1 aliphatic carbocycles. The van der Waals surface area contributed by atoms with E-state index < -0.39 is 0 Å². The summed E-state index contributed by atoms with van der Waals surface area (Å²) < 4.78 is 0. The van der Waals surface area contributed by atoms with Crippen molar-refractivity contribution >= 4 is 0 Å². The average Bonchev–Trinajstić information content (AvgIpc) is 2.71. The van der Waals surface area contributed by atoms with Gasteiger partial charge in [-0.25, -0.2) is 0 Å². The molecule has 0 aromatic heterocycles. The van der Waals surface area contributed by atoms with Gasteiger partial charge in [-0.2, -0.15) is 0 Å². The Morgan fingerprint density at radius 1 is 0.941 bits per heavy atom. The highest BCUT2D eigenvalue weighted by Gasteiger charge is 2.27. The molecule has 1 aliphatic rings. The molecule has 0 aliphatic heterocycles. The Balaban J connectivity index is 2.10. The monoisotopic (exact) mass is 227 g/mol. The Kier molecular flexibility index (Phi) is 2.65. The van der Waals surface area contributed by atoms with Gasteiger partial charge in [0, 0.05) is 5.92 Å². The molecule has 3 rings (SSSR count). The molecule has 2 aromatic rings. The summed E-state index contributed by atoms with van der Waals surface area (Å²) in [6.45, 7) is 0.421. The molecular weight excluding hydrogens is 214 g/mol. The summed E-state index contributed by atoms with van der Waals surface area (Å²) >= 11 is 0.